The predicted molar refractivity (Wildman–Crippen MR) is 93.1 cm³/mol. The maximum Gasteiger partial charge on any atom is 0.433 e. The molecule has 2 aromatic rings. The lowest BCUT2D eigenvalue weighted by molar-refractivity contribution is -0.142. The minimum absolute atomic E-state index is 0.0620. The van der Waals surface area contributed by atoms with E-state index in [1.54, 1.807) is 13.0 Å². The lowest BCUT2D eigenvalue weighted by Crippen LogP contribution is -2.43. The molecule has 2 aromatic heterocycles. The summed E-state index contributed by atoms with van der Waals surface area (Å²) < 4.78 is 41.6. The van der Waals surface area contributed by atoms with Gasteiger partial charge in [-0.15, -0.1) is 0 Å². The van der Waals surface area contributed by atoms with Gasteiger partial charge < -0.3 is 0 Å². The van der Waals surface area contributed by atoms with Gasteiger partial charge in [-0.05, 0) is 45.2 Å². The summed E-state index contributed by atoms with van der Waals surface area (Å²) in [6.07, 6.45) is 3.76. The van der Waals surface area contributed by atoms with Gasteiger partial charge >= 0.3 is 6.18 Å². The highest BCUT2D eigenvalue weighted by Crippen LogP contribution is 2.35. The number of alkyl halides is 3. The fourth-order valence-electron chi connectivity index (χ4n) is 4.55. The van der Waals surface area contributed by atoms with Gasteiger partial charge in [-0.2, -0.15) is 18.3 Å². The zero-order valence-corrected chi connectivity index (χ0v) is 15.1. The molecule has 3 heterocycles. The molecular weight excluding hydrogens is 341 g/mol. The smallest absolute Gasteiger partial charge is 0.300 e. The van der Waals surface area contributed by atoms with Crippen molar-refractivity contribution in [2.45, 2.75) is 70.0 Å². The molecule has 1 aliphatic heterocycles. The molecule has 0 radical (unpaired) electrons. The van der Waals surface area contributed by atoms with Crippen molar-refractivity contribution < 1.29 is 13.2 Å². The zero-order valence-electron chi connectivity index (χ0n) is 15.1. The Hall–Kier alpha value is -1.63. The quantitative estimate of drug-likeness (QED) is 0.781. The van der Waals surface area contributed by atoms with Crippen LogP contribution in [0.5, 0.6) is 0 Å². The van der Waals surface area contributed by atoms with Crippen molar-refractivity contribution >= 4 is 5.65 Å². The fourth-order valence-corrected chi connectivity index (χ4v) is 4.55. The third kappa shape index (κ3) is 3.46. The van der Waals surface area contributed by atoms with Gasteiger partial charge in [0.1, 0.15) is 5.69 Å². The number of piperidine rings is 1. The molecule has 26 heavy (non-hydrogen) atoms. The molecule has 0 bridgehead atoms. The summed E-state index contributed by atoms with van der Waals surface area (Å²) in [6.45, 7) is 3.57. The standard InChI is InChI=1S/C19H25F3N4/c1-13-10-18-23-16(11-17(19(20,21)22)26(18)24-13)14-6-5-9-25(12-14)15-7-3-2-4-8-15/h10-11,14-15H,2-9,12H2,1H3/t14-/m1/s1. The second-order valence-corrected chi connectivity index (χ2v) is 7.75. The first-order valence-corrected chi connectivity index (χ1v) is 9.60. The van der Waals surface area contributed by atoms with Crippen LogP contribution in [0.15, 0.2) is 12.1 Å². The molecule has 7 heteroatoms. The van der Waals surface area contributed by atoms with E-state index in [1.807, 2.05) is 0 Å². The van der Waals surface area contributed by atoms with Crippen molar-refractivity contribution in [1.82, 2.24) is 19.5 Å². The number of aryl methyl sites for hydroxylation is 1. The van der Waals surface area contributed by atoms with Gasteiger partial charge in [-0.1, -0.05) is 19.3 Å². The van der Waals surface area contributed by atoms with Gasteiger partial charge in [0.15, 0.2) is 5.65 Å². The van der Waals surface area contributed by atoms with Crippen molar-refractivity contribution in [1.29, 1.82) is 0 Å². The highest BCUT2D eigenvalue weighted by molar-refractivity contribution is 5.43. The minimum Gasteiger partial charge on any atom is -0.300 e. The summed E-state index contributed by atoms with van der Waals surface area (Å²) in [7, 11) is 0. The van der Waals surface area contributed by atoms with Crippen LogP contribution in [-0.4, -0.2) is 38.6 Å². The predicted octanol–water partition coefficient (Wildman–Crippen LogP) is 4.57. The van der Waals surface area contributed by atoms with Gasteiger partial charge in [0, 0.05) is 30.3 Å². The molecular formula is C19H25F3N4. The normalized spacial score (nSPS) is 23.6. The molecule has 0 N–H and O–H groups in total. The van der Waals surface area contributed by atoms with E-state index in [0.717, 1.165) is 30.4 Å². The zero-order chi connectivity index (χ0) is 18.3. The van der Waals surface area contributed by atoms with Crippen LogP contribution in [0, 0.1) is 6.92 Å². The molecule has 2 aliphatic rings. The molecule has 1 atom stereocenters. The Kier molecular flexibility index (Phi) is 4.67. The average molecular weight is 366 g/mol. The van der Waals surface area contributed by atoms with Gasteiger partial charge in [0.05, 0.1) is 5.69 Å². The van der Waals surface area contributed by atoms with Crippen LogP contribution in [0.3, 0.4) is 0 Å². The largest absolute Gasteiger partial charge is 0.433 e. The molecule has 4 rings (SSSR count). The van der Waals surface area contributed by atoms with Crippen molar-refractivity contribution in [3.05, 3.63) is 29.2 Å². The highest BCUT2D eigenvalue weighted by Gasteiger charge is 2.36. The van der Waals surface area contributed by atoms with Gasteiger partial charge in [0.25, 0.3) is 0 Å². The second kappa shape index (κ2) is 6.83. The highest BCUT2D eigenvalue weighted by atomic mass is 19.4. The van der Waals surface area contributed by atoms with Crippen molar-refractivity contribution in [2.24, 2.45) is 0 Å². The van der Waals surface area contributed by atoms with Crippen LogP contribution in [0.25, 0.3) is 5.65 Å². The van der Waals surface area contributed by atoms with E-state index in [4.69, 9.17) is 0 Å². The van der Waals surface area contributed by atoms with E-state index in [2.05, 4.69) is 15.0 Å². The number of hydrogen-bond donors (Lipinski definition) is 0. The maximum absolute atomic E-state index is 13.5. The number of halogens is 3. The Morgan fingerprint density at radius 3 is 2.54 bits per heavy atom. The number of nitrogens with zero attached hydrogens (tertiary/aromatic N) is 4. The molecule has 0 amide bonds. The first-order chi connectivity index (χ1) is 12.4. The number of hydrogen-bond acceptors (Lipinski definition) is 3. The molecule has 0 spiro atoms. The lowest BCUT2D eigenvalue weighted by Gasteiger charge is -2.40. The Morgan fingerprint density at radius 1 is 1.04 bits per heavy atom. The van der Waals surface area contributed by atoms with E-state index >= 15 is 0 Å². The van der Waals surface area contributed by atoms with Gasteiger partial charge in [0.2, 0.25) is 0 Å². The topological polar surface area (TPSA) is 33.4 Å². The van der Waals surface area contributed by atoms with Crippen molar-refractivity contribution in [2.75, 3.05) is 13.1 Å². The number of rotatable bonds is 2. The molecule has 0 aromatic carbocycles. The van der Waals surface area contributed by atoms with E-state index in [0.29, 0.717) is 23.1 Å². The molecule has 1 aliphatic carbocycles. The summed E-state index contributed by atoms with van der Waals surface area (Å²) >= 11 is 0. The van der Waals surface area contributed by atoms with E-state index in [9.17, 15) is 13.2 Å². The van der Waals surface area contributed by atoms with Gasteiger partial charge in [-0.25, -0.2) is 9.50 Å². The van der Waals surface area contributed by atoms with E-state index < -0.39 is 11.9 Å². The van der Waals surface area contributed by atoms with Gasteiger partial charge in [-0.3, -0.25) is 4.90 Å². The maximum atomic E-state index is 13.5. The van der Waals surface area contributed by atoms with Crippen LogP contribution in [0.4, 0.5) is 13.2 Å². The fraction of sp³-hybridized carbons (Fsp3) is 0.684. The average Bonchev–Trinajstić information content (AvgIpc) is 3.01. The van der Waals surface area contributed by atoms with Crippen molar-refractivity contribution in [3.8, 4) is 0 Å². The first-order valence-electron chi connectivity index (χ1n) is 9.60. The lowest BCUT2D eigenvalue weighted by atomic mass is 9.89. The van der Waals surface area contributed by atoms with E-state index in [1.165, 1.54) is 38.2 Å². The third-order valence-corrected chi connectivity index (χ3v) is 5.82. The first kappa shape index (κ1) is 17.8. The Morgan fingerprint density at radius 2 is 1.81 bits per heavy atom. The van der Waals surface area contributed by atoms with Crippen LogP contribution in [0.1, 0.15) is 67.9 Å². The molecule has 2 fully saturated rings. The number of fused-ring (bicyclic) bond motifs is 1. The van der Waals surface area contributed by atoms with Crippen LogP contribution < -0.4 is 0 Å². The number of likely N-dealkylation sites (tertiary alicyclic amines) is 1. The van der Waals surface area contributed by atoms with E-state index in [-0.39, 0.29) is 5.92 Å². The summed E-state index contributed by atoms with van der Waals surface area (Å²) in [5, 5.41) is 3.98. The summed E-state index contributed by atoms with van der Waals surface area (Å²) in [4.78, 5) is 7.04. The molecule has 1 saturated heterocycles. The van der Waals surface area contributed by atoms with Crippen LogP contribution >= 0.6 is 0 Å². The van der Waals surface area contributed by atoms with Crippen LogP contribution in [0.2, 0.25) is 0 Å². The summed E-state index contributed by atoms with van der Waals surface area (Å²) in [5.41, 5.74) is 0.681. The minimum atomic E-state index is -4.44. The molecule has 4 nitrogen and oxygen atoms in total. The number of aromatic nitrogens is 3. The Bertz CT molecular complexity index is 777. The third-order valence-electron chi connectivity index (χ3n) is 5.82. The second-order valence-electron chi connectivity index (χ2n) is 7.75. The Balaban J connectivity index is 1.65. The molecule has 142 valence electrons. The summed E-state index contributed by atoms with van der Waals surface area (Å²) in [6, 6.07) is 3.43. The van der Waals surface area contributed by atoms with Crippen LogP contribution in [-0.2, 0) is 6.18 Å². The summed E-state index contributed by atoms with van der Waals surface area (Å²) in [5.74, 6) is 0.0620. The Labute approximate surface area is 151 Å². The SMILES string of the molecule is Cc1cc2nc([C@@H]3CCCN(C4CCCCC4)C3)cc(C(F)(F)F)n2n1. The monoisotopic (exact) mass is 366 g/mol. The van der Waals surface area contributed by atoms with Crippen molar-refractivity contribution in [3.63, 3.8) is 0 Å². The molecule has 0 unspecified atom stereocenters. The molecule has 1 saturated carbocycles.